The van der Waals surface area contributed by atoms with Gasteiger partial charge in [0.05, 0.1) is 5.69 Å². The van der Waals surface area contributed by atoms with E-state index < -0.39 is 0 Å². The Hall–Kier alpha value is -0.870. The molecule has 3 rings (SSSR count). The van der Waals surface area contributed by atoms with E-state index in [9.17, 15) is 0 Å². The fraction of sp³-hybridized carbons (Fsp3) is 0.545. The van der Waals surface area contributed by atoms with Crippen LogP contribution in [0, 0.1) is 5.41 Å². The van der Waals surface area contributed by atoms with Crippen molar-refractivity contribution in [3.05, 3.63) is 23.5 Å². The number of imidazole rings is 1. The Labute approximate surface area is 93.1 Å². The Morgan fingerprint density at radius 3 is 3.20 bits per heavy atom. The molecule has 0 aliphatic heterocycles. The molecule has 1 saturated carbocycles. The van der Waals surface area contributed by atoms with Gasteiger partial charge in [-0.2, -0.15) is 0 Å². The molecule has 1 N–H and O–H groups in total. The molecular formula is C11H15N3S. The quantitative estimate of drug-likeness (QED) is 0.858. The molecule has 2 aromatic heterocycles. The van der Waals surface area contributed by atoms with E-state index in [1.165, 1.54) is 12.8 Å². The molecule has 0 spiro atoms. The van der Waals surface area contributed by atoms with Gasteiger partial charge in [-0.15, -0.1) is 11.3 Å². The van der Waals surface area contributed by atoms with Gasteiger partial charge in [-0.1, -0.05) is 6.92 Å². The maximum atomic E-state index is 4.53. The molecule has 2 aromatic rings. The first kappa shape index (κ1) is 9.36. The predicted octanol–water partition coefficient (Wildman–Crippen LogP) is 2.29. The van der Waals surface area contributed by atoms with Gasteiger partial charge < -0.3 is 5.32 Å². The number of nitrogens with one attached hydrogen (secondary N) is 1. The molecule has 0 radical (unpaired) electrons. The van der Waals surface area contributed by atoms with E-state index in [0.717, 1.165) is 23.7 Å². The lowest BCUT2D eigenvalue weighted by Gasteiger charge is -2.07. The summed E-state index contributed by atoms with van der Waals surface area (Å²) in [5.41, 5.74) is 1.73. The second-order valence-corrected chi connectivity index (χ2v) is 5.61. The van der Waals surface area contributed by atoms with Gasteiger partial charge in [0.15, 0.2) is 4.96 Å². The van der Waals surface area contributed by atoms with E-state index >= 15 is 0 Å². The third-order valence-electron chi connectivity index (χ3n) is 3.10. The molecule has 2 heterocycles. The standard InChI is InChI=1S/C11H15N3S/c1-11(2-3-11)8-12-6-9-7-14-4-5-15-10(14)13-9/h4-5,7,12H,2-3,6,8H2,1H3. The van der Waals surface area contributed by atoms with Gasteiger partial charge in [0.1, 0.15) is 0 Å². The minimum Gasteiger partial charge on any atom is -0.311 e. The largest absolute Gasteiger partial charge is 0.311 e. The maximum Gasteiger partial charge on any atom is 0.193 e. The second-order valence-electron chi connectivity index (χ2n) is 4.74. The number of rotatable bonds is 4. The van der Waals surface area contributed by atoms with Crippen molar-refractivity contribution in [1.29, 1.82) is 0 Å². The van der Waals surface area contributed by atoms with Crippen LogP contribution in [0.1, 0.15) is 25.5 Å². The molecule has 0 atom stereocenters. The summed E-state index contributed by atoms with van der Waals surface area (Å²) in [4.78, 5) is 5.62. The first-order chi connectivity index (χ1) is 7.25. The Kier molecular flexibility index (Phi) is 2.07. The summed E-state index contributed by atoms with van der Waals surface area (Å²) < 4.78 is 2.08. The second kappa shape index (κ2) is 3.32. The van der Waals surface area contributed by atoms with Crippen molar-refractivity contribution in [3.8, 4) is 0 Å². The summed E-state index contributed by atoms with van der Waals surface area (Å²) in [6.07, 6.45) is 6.91. The van der Waals surface area contributed by atoms with Gasteiger partial charge in [0.25, 0.3) is 0 Å². The summed E-state index contributed by atoms with van der Waals surface area (Å²) in [7, 11) is 0. The number of thiazole rings is 1. The van der Waals surface area contributed by atoms with Crippen molar-refractivity contribution in [1.82, 2.24) is 14.7 Å². The lowest BCUT2D eigenvalue weighted by atomic mass is 10.1. The molecular weight excluding hydrogens is 206 g/mol. The van der Waals surface area contributed by atoms with Crippen LogP contribution >= 0.6 is 11.3 Å². The highest BCUT2D eigenvalue weighted by Crippen LogP contribution is 2.44. The van der Waals surface area contributed by atoms with Crippen LogP contribution in [0.15, 0.2) is 17.8 Å². The number of hydrogen-bond donors (Lipinski definition) is 1. The fourth-order valence-electron chi connectivity index (χ4n) is 1.74. The number of fused-ring (bicyclic) bond motifs is 1. The molecule has 80 valence electrons. The molecule has 4 heteroatoms. The van der Waals surface area contributed by atoms with Crippen LogP contribution in [0.4, 0.5) is 0 Å². The van der Waals surface area contributed by atoms with Crippen molar-refractivity contribution >= 4 is 16.3 Å². The zero-order valence-corrected chi connectivity index (χ0v) is 9.68. The Balaban J connectivity index is 1.60. The van der Waals surface area contributed by atoms with Gasteiger partial charge in [0, 0.05) is 30.9 Å². The van der Waals surface area contributed by atoms with Crippen molar-refractivity contribution in [2.75, 3.05) is 6.54 Å². The maximum absolute atomic E-state index is 4.53. The first-order valence-electron chi connectivity index (χ1n) is 5.37. The summed E-state index contributed by atoms with van der Waals surface area (Å²) in [6.45, 7) is 4.36. The number of hydrogen-bond acceptors (Lipinski definition) is 3. The first-order valence-corrected chi connectivity index (χ1v) is 6.25. The van der Waals surface area contributed by atoms with Crippen molar-refractivity contribution in [3.63, 3.8) is 0 Å². The van der Waals surface area contributed by atoms with Crippen LogP contribution in [0.2, 0.25) is 0 Å². The average molecular weight is 221 g/mol. The normalized spacial score (nSPS) is 18.5. The summed E-state index contributed by atoms with van der Waals surface area (Å²) in [5.74, 6) is 0. The molecule has 3 nitrogen and oxygen atoms in total. The zero-order chi connectivity index (χ0) is 10.3. The fourth-order valence-corrected chi connectivity index (χ4v) is 2.46. The molecule has 1 aliphatic rings. The van der Waals surface area contributed by atoms with Crippen LogP contribution in [-0.2, 0) is 6.54 Å². The van der Waals surface area contributed by atoms with Crippen LogP contribution in [0.3, 0.4) is 0 Å². The Morgan fingerprint density at radius 1 is 1.60 bits per heavy atom. The van der Waals surface area contributed by atoms with Crippen molar-refractivity contribution in [2.45, 2.75) is 26.3 Å². The van der Waals surface area contributed by atoms with Gasteiger partial charge in [0.2, 0.25) is 0 Å². The summed E-state index contributed by atoms with van der Waals surface area (Å²) >= 11 is 1.68. The molecule has 0 saturated heterocycles. The molecule has 0 unspecified atom stereocenters. The highest BCUT2D eigenvalue weighted by atomic mass is 32.1. The van der Waals surface area contributed by atoms with Crippen LogP contribution in [0.25, 0.3) is 4.96 Å². The van der Waals surface area contributed by atoms with Gasteiger partial charge in [-0.05, 0) is 18.3 Å². The molecule has 0 aromatic carbocycles. The topological polar surface area (TPSA) is 29.3 Å². The van der Waals surface area contributed by atoms with E-state index in [1.54, 1.807) is 11.3 Å². The van der Waals surface area contributed by atoms with Crippen LogP contribution < -0.4 is 5.32 Å². The smallest absolute Gasteiger partial charge is 0.193 e. The molecule has 15 heavy (non-hydrogen) atoms. The summed E-state index contributed by atoms with van der Waals surface area (Å²) in [6, 6.07) is 0. The van der Waals surface area contributed by atoms with E-state index in [0.29, 0.717) is 5.41 Å². The minimum absolute atomic E-state index is 0.580. The number of aromatic nitrogens is 2. The lowest BCUT2D eigenvalue weighted by molar-refractivity contribution is 0.497. The highest BCUT2D eigenvalue weighted by molar-refractivity contribution is 7.15. The van der Waals surface area contributed by atoms with Crippen molar-refractivity contribution in [2.24, 2.45) is 5.41 Å². The lowest BCUT2D eigenvalue weighted by Crippen LogP contribution is -2.21. The van der Waals surface area contributed by atoms with Gasteiger partial charge in [-0.25, -0.2) is 4.98 Å². The summed E-state index contributed by atoms with van der Waals surface area (Å²) in [5, 5.41) is 5.54. The monoisotopic (exact) mass is 221 g/mol. The Morgan fingerprint density at radius 2 is 2.47 bits per heavy atom. The van der Waals surface area contributed by atoms with Crippen molar-refractivity contribution < 1.29 is 0 Å². The van der Waals surface area contributed by atoms with Gasteiger partial charge in [-0.3, -0.25) is 4.40 Å². The SMILES string of the molecule is CC1(CNCc2cn3ccsc3n2)CC1. The third-order valence-corrected chi connectivity index (χ3v) is 3.88. The average Bonchev–Trinajstić information content (AvgIpc) is 2.60. The molecule has 1 fully saturated rings. The van der Waals surface area contributed by atoms with Crippen LogP contribution in [-0.4, -0.2) is 15.9 Å². The Bertz CT molecular complexity index is 438. The van der Waals surface area contributed by atoms with Crippen LogP contribution in [0.5, 0.6) is 0 Å². The third kappa shape index (κ3) is 1.92. The van der Waals surface area contributed by atoms with Gasteiger partial charge >= 0.3 is 0 Å². The van der Waals surface area contributed by atoms with E-state index in [2.05, 4.69) is 39.4 Å². The predicted molar refractivity (Wildman–Crippen MR) is 62.1 cm³/mol. The molecule has 1 aliphatic carbocycles. The van der Waals surface area contributed by atoms with E-state index in [-0.39, 0.29) is 0 Å². The number of nitrogens with zero attached hydrogens (tertiary/aromatic N) is 2. The molecule has 0 amide bonds. The van der Waals surface area contributed by atoms with E-state index in [4.69, 9.17) is 0 Å². The molecule has 0 bridgehead atoms. The highest BCUT2D eigenvalue weighted by Gasteiger charge is 2.36. The van der Waals surface area contributed by atoms with E-state index in [1.807, 2.05) is 0 Å². The zero-order valence-electron chi connectivity index (χ0n) is 8.86. The minimum atomic E-state index is 0.580.